The Kier molecular flexibility index (Phi) is 8.90. The van der Waals surface area contributed by atoms with Crippen molar-refractivity contribution in [1.82, 2.24) is 0 Å². The second-order valence-electron chi connectivity index (χ2n) is 9.16. The van der Waals surface area contributed by atoms with Crippen LogP contribution in [-0.4, -0.2) is 13.2 Å². The highest BCUT2D eigenvalue weighted by Crippen LogP contribution is 2.49. The lowest BCUT2D eigenvalue weighted by molar-refractivity contribution is 0.301. The van der Waals surface area contributed by atoms with Gasteiger partial charge in [-0.1, -0.05) is 94.8 Å². The smallest absolute Gasteiger partial charge is 0.135 e. The number of ether oxygens (including phenoxy) is 3. The van der Waals surface area contributed by atoms with Gasteiger partial charge in [0.15, 0.2) is 0 Å². The number of hydrogen-bond donors (Lipinski definition) is 0. The molecule has 34 heavy (non-hydrogen) atoms. The predicted octanol–water partition coefficient (Wildman–Crippen LogP) is 8.89. The average Bonchev–Trinajstić information content (AvgIpc) is 2.87. The molecule has 0 fully saturated rings. The minimum atomic E-state index is 0.122. The normalized spacial score (nSPS) is 12.5. The van der Waals surface area contributed by atoms with Crippen LogP contribution < -0.4 is 14.2 Å². The Hall–Kier alpha value is -2.94. The molecule has 0 atom stereocenters. The Morgan fingerprint density at radius 3 is 1.65 bits per heavy atom. The summed E-state index contributed by atoms with van der Waals surface area (Å²) in [5.41, 5.74) is 3.60. The van der Waals surface area contributed by atoms with Crippen molar-refractivity contribution in [1.29, 1.82) is 0 Å². The van der Waals surface area contributed by atoms with Crippen LogP contribution in [-0.2, 0) is 0 Å². The van der Waals surface area contributed by atoms with E-state index in [4.69, 9.17) is 14.2 Å². The third-order valence-corrected chi connectivity index (χ3v) is 6.48. The van der Waals surface area contributed by atoms with E-state index >= 15 is 0 Å². The van der Waals surface area contributed by atoms with E-state index in [1.165, 1.54) is 55.2 Å². The summed E-state index contributed by atoms with van der Waals surface area (Å²) >= 11 is 0. The van der Waals surface area contributed by atoms with Crippen molar-refractivity contribution in [2.45, 2.75) is 71.1 Å². The van der Waals surface area contributed by atoms with Crippen LogP contribution in [0.4, 0.5) is 0 Å². The molecule has 0 spiro atoms. The largest absolute Gasteiger partial charge is 0.493 e. The van der Waals surface area contributed by atoms with Crippen LogP contribution in [0.2, 0.25) is 0 Å². The number of unbranched alkanes of at least 4 members (excludes halogenated alkanes) is 6. The lowest BCUT2D eigenvalue weighted by Gasteiger charge is -2.29. The van der Waals surface area contributed by atoms with Gasteiger partial charge in [-0.3, -0.25) is 0 Å². The summed E-state index contributed by atoms with van der Waals surface area (Å²) in [4.78, 5) is 0. The van der Waals surface area contributed by atoms with Crippen LogP contribution in [0.1, 0.15) is 87.8 Å². The Labute approximate surface area is 205 Å². The molecule has 1 heterocycles. The van der Waals surface area contributed by atoms with E-state index < -0.39 is 0 Å². The van der Waals surface area contributed by atoms with E-state index in [1.54, 1.807) is 0 Å². The Morgan fingerprint density at radius 1 is 0.618 bits per heavy atom. The van der Waals surface area contributed by atoms with Crippen molar-refractivity contribution in [3.8, 4) is 23.0 Å². The fraction of sp³-hybridized carbons (Fsp3) is 0.419. The maximum atomic E-state index is 6.44. The van der Waals surface area contributed by atoms with Crippen LogP contribution >= 0.6 is 0 Å². The third kappa shape index (κ3) is 6.14. The van der Waals surface area contributed by atoms with Crippen molar-refractivity contribution in [3.63, 3.8) is 0 Å². The first-order valence-corrected chi connectivity index (χ1v) is 13.1. The summed E-state index contributed by atoms with van der Waals surface area (Å²) in [7, 11) is 0. The second-order valence-corrected chi connectivity index (χ2v) is 9.16. The van der Waals surface area contributed by atoms with Crippen LogP contribution in [0.5, 0.6) is 23.0 Å². The van der Waals surface area contributed by atoms with Crippen LogP contribution in [0.3, 0.4) is 0 Å². The van der Waals surface area contributed by atoms with Crippen LogP contribution in [0.15, 0.2) is 66.7 Å². The SMILES string of the molecule is CCCCCCOc1ccc2c(c1)Oc1cc(OCCCCCC)ccc1C2c1ccccc1. The molecular weight excluding hydrogens is 420 g/mol. The van der Waals surface area contributed by atoms with E-state index in [-0.39, 0.29) is 5.92 Å². The van der Waals surface area contributed by atoms with Crippen molar-refractivity contribution in [2.24, 2.45) is 0 Å². The molecule has 4 rings (SSSR count). The summed E-state index contributed by atoms with van der Waals surface area (Å²) in [6.07, 6.45) is 9.57. The van der Waals surface area contributed by atoms with E-state index in [2.05, 4.69) is 68.4 Å². The van der Waals surface area contributed by atoms with E-state index in [0.717, 1.165) is 49.1 Å². The molecule has 0 unspecified atom stereocenters. The van der Waals surface area contributed by atoms with Crippen molar-refractivity contribution >= 4 is 0 Å². The Balaban J connectivity index is 1.55. The summed E-state index contributed by atoms with van der Waals surface area (Å²) < 4.78 is 18.5. The first kappa shape index (κ1) is 24.2. The van der Waals surface area contributed by atoms with Gasteiger partial charge in [-0.05, 0) is 30.5 Å². The number of hydrogen-bond acceptors (Lipinski definition) is 3. The number of benzene rings is 3. The molecule has 0 N–H and O–H groups in total. The van der Waals surface area contributed by atoms with Crippen molar-refractivity contribution in [3.05, 3.63) is 83.4 Å². The molecule has 0 bridgehead atoms. The van der Waals surface area contributed by atoms with Gasteiger partial charge in [-0.2, -0.15) is 0 Å². The molecule has 1 aliphatic rings. The highest BCUT2D eigenvalue weighted by atomic mass is 16.5. The highest BCUT2D eigenvalue weighted by molar-refractivity contribution is 5.60. The van der Waals surface area contributed by atoms with E-state index in [0.29, 0.717) is 0 Å². The van der Waals surface area contributed by atoms with Gasteiger partial charge in [-0.25, -0.2) is 0 Å². The number of fused-ring (bicyclic) bond motifs is 2. The standard InChI is InChI=1S/C31H38O3/c1-3-5-7-12-20-32-25-16-18-27-29(22-25)34-30-23-26(33-21-13-8-6-4-2)17-19-28(30)31(27)24-14-10-9-11-15-24/h9-11,14-19,22-23,31H,3-8,12-13,20-21H2,1-2H3. The quantitative estimate of drug-likeness (QED) is 0.187. The van der Waals surface area contributed by atoms with Gasteiger partial charge in [0.05, 0.1) is 13.2 Å². The summed E-state index contributed by atoms with van der Waals surface area (Å²) in [5, 5.41) is 0. The summed E-state index contributed by atoms with van der Waals surface area (Å²) in [5.74, 6) is 3.60. The monoisotopic (exact) mass is 458 g/mol. The van der Waals surface area contributed by atoms with Gasteiger partial charge < -0.3 is 14.2 Å². The fourth-order valence-electron chi connectivity index (χ4n) is 4.59. The van der Waals surface area contributed by atoms with Crippen molar-refractivity contribution < 1.29 is 14.2 Å². The van der Waals surface area contributed by atoms with Gasteiger partial charge in [0.1, 0.15) is 23.0 Å². The molecule has 180 valence electrons. The van der Waals surface area contributed by atoms with Crippen LogP contribution in [0, 0.1) is 0 Å². The summed E-state index contributed by atoms with van der Waals surface area (Å²) in [6, 6.07) is 23.2. The molecule has 0 saturated heterocycles. The highest BCUT2D eigenvalue weighted by Gasteiger charge is 2.29. The zero-order chi connectivity index (χ0) is 23.6. The maximum absolute atomic E-state index is 6.44. The number of rotatable bonds is 13. The van der Waals surface area contributed by atoms with Crippen molar-refractivity contribution in [2.75, 3.05) is 13.2 Å². The van der Waals surface area contributed by atoms with Gasteiger partial charge in [0.2, 0.25) is 0 Å². The first-order chi connectivity index (χ1) is 16.8. The molecule has 0 radical (unpaired) electrons. The lowest BCUT2D eigenvalue weighted by Crippen LogP contribution is -2.12. The van der Waals surface area contributed by atoms with Gasteiger partial charge in [0.25, 0.3) is 0 Å². The Bertz CT molecular complexity index is 965. The van der Waals surface area contributed by atoms with Gasteiger partial charge in [0, 0.05) is 29.2 Å². The molecule has 0 saturated carbocycles. The average molecular weight is 459 g/mol. The molecular formula is C31H38O3. The lowest BCUT2D eigenvalue weighted by atomic mass is 9.82. The molecule has 0 aliphatic carbocycles. The topological polar surface area (TPSA) is 27.7 Å². The molecule has 0 aromatic heterocycles. The van der Waals surface area contributed by atoms with Gasteiger partial charge >= 0.3 is 0 Å². The van der Waals surface area contributed by atoms with E-state index in [1.807, 2.05) is 12.1 Å². The molecule has 3 heteroatoms. The third-order valence-electron chi connectivity index (χ3n) is 6.48. The first-order valence-electron chi connectivity index (χ1n) is 13.1. The fourth-order valence-corrected chi connectivity index (χ4v) is 4.59. The maximum Gasteiger partial charge on any atom is 0.135 e. The van der Waals surface area contributed by atoms with E-state index in [9.17, 15) is 0 Å². The molecule has 3 aromatic carbocycles. The molecule has 3 nitrogen and oxygen atoms in total. The minimum Gasteiger partial charge on any atom is -0.493 e. The molecule has 0 amide bonds. The summed E-state index contributed by atoms with van der Waals surface area (Å²) in [6.45, 7) is 5.94. The zero-order valence-electron chi connectivity index (χ0n) is 20.7. The van der Waals surface area contributed by atoms with Gasteiger partial charge in [-0.15, -0.1) is 0 Å². The predicted molar refractivity (Wildman–Crippen MR) is 140 cm³/mol. The zero-order valence-corrected chi connectivity index (χ0v) is 20.7. The minimum absolute atomic E-state index is 0.122. The van der Waals surface area contributed by atoms with Crippen LogP contribution in [0.25, 0.3) is 0 Å². The molecule has 1 aliphatic heterocycles. The Morgan fingerprint density at radius 2 is 1.15 bits per heavy atom. The second kappa shape index (κ2) is 12.5. The molecule has 3 aromatic rings.